The first-order valence-corrected chi connectivity index (χ1v) is 6.71. The molecule has 0 aliphatic heterocycles. The van der Waals surface area contributed by atoms with E-state index in [-0.39, 0.29) is 12.4 Å². The van der Waals surface area contributed by atoms with Crippen molar-refractivity contribution < 1.29 is 14.9 Å². The smallest absolute Gasteiger partial charge is 0.115 e. The predicted octanol–water partition coefficient (Wildman–Crippen LogP) is 1.01. The highest BCUT2D eigenvalue weighted by molar-refractivity contribution is 5.25. The van der Waals surface area contributed by atoms with Crippen molar-refractivity contribution in [2.75, 3.05) is 54.5 Å². The van der Waals surface area contributed by atoms with E-state index in [0.717, 1.165) is 18.7 Å². The number of hydrogen-bond acceptors (Lipinski definition) is 5. The van der Waals surface area contributed by atoms with E-state index in [1.807, 2.05) is 0 Å². The van der Waals surface area contributed by atoms with Crippen LogP contribution >= 0.6 is 0 Å². The van der Waals surface area contributed by atoms with Gasteiger partial charge in [0.1, 0.15) is 5.75 Å². The van der Waals surface area contributed by atoms with Crippen LogP contribution in [0.25, 0.3) is 0 Å². The molecule has 0 atom stereocenters. The highest BCUT2D eigenvalue weighted by Crippen LogP contribution is 2.09. The van der Waals surface area contributed by atoms with Crippen LogP contribution in [0, 0.1) is 0 Å². The van der Waals surface area contributed by atoms with Gasteiger partial charge in [-0.25, -0.2) is 0 Å². The van der Waals surface area contributed by atoms with Crippen molar-refractivity contribution in [1.29, 1.82) is 0 Å². The molecule has 0 saturated carbocycles. The van der Waals surface area contributed by atoms with Crippen molar-refractivity contribution in [2.45, 2.75) is 6.61 Å². The Morgan fingerprint density at radius 3 is 1.85 bits per heavy atom. The van der Waals surface area contributed by atoms with Gasteiger partial charge in [0.15, 0.2) is 0 Å². The highest BCUT2D eigenvalue weighted by Gasteiger charge is 1.92. The average Bonchev–Trinajstić information content (AvgIpc) is 2.40. The lowest BCUT2D eigenvalue weighted by Gasteiger charge is -2.13. The third kappa shape index (κ3) is 11.9. The Morgan fingerprint density at radius 1 is 0.950 bits per heavy atom. The van der Waals surface area contributed by atoms with Crippen molar-refractivity contribution in [3.63, 3.8) is 0 Å². The van der Waals surface area contributed by atoms with Gasteiger partial charge in [0.05, 0.1) is 19.8 Å². The molecular weight excluding hydrogens is 256 g/mol. The quantitative estimate of drug-likeness (QED) is 0.732. The maximum absolute atomic E-state index is 8.95. The minimum absolute atomic E-state index is 0.0398. The predicted molar refractivity (Wildman–Crippen MR) is 82.0 cm³/mol. The van der Waals surface area contributed by atoms with Crippen molar-refractivity contribution in [2.24, 2.45) is 0 Å². The standard InChI is InChI=1S/C9H12O3.C6H16N2/c10-5-6-12-7-8-1-3-9(11)4-2-8;1-7(2)5-6-8(3)4/h1-4,10-11H,5-7H2;5-6H2,1-4H3. The van der Waals surface area contributed by atoms with Gasteiger partial charge in [-0.15, -0.1) is 0 Å². The molecule has 0 saturated heterocycles. The summed E-state index contributed by atoms with van der Waals surface area (Å²) in [5.74, 6) is 0.251. The number of aliphatic hydroxyl groups excluding tert-OH is 1. The summed E-state index contributed by atoms with van der Waals surface area (Å²) in [6.07, 6.45) is 0. The molecule has 0 radical (unpaired) electrons. The van der Waals surface area contributed by atoms with Gasteiger partial charge in [-0.3, -0.25) is 0 Å². The van der Waals surface area contributed by atoms with Crippen LogP contribution in [0.5, 0.6) is 5.75 Å². The minimum Gasteiger partial charge on any atom is -0.508 e. The lowest BCUT2D eigenvalue weighted by atomic mass is 10.2. The molecule has 116 valence electrons. The molecule has 0 unspecified atom stereocenters. The molecule has 20 heavy (non-hydrogen) atoms. The second kappa shape index (κ2) is 11.7. The van der Waals surface area contributed by atoms with E-state index >= 15 is 0 Å². The number of phenolic OH excluding ortho intramolecular Hbond substituents is 1. The zero-order valence-electron chi connectivity index (χ0n) is 13.0. The Morgan fingerprint density at radius 2 is 1.45 bits per heavy atom. The van der Waals surface area contributed by atoms with Crippen LogP contribution in [0.2, 0.25) is 0 Å². The van der Waals surface area contributed by atoms with Gasteiger partial charge in [-0.05, 0) is 45.9 Å². The first-order valence-electron chi connectivity index (χ1n) is 6.71. The number of aromatic hydroxyl groups is 1. The molecule has 1 aromatic rings. The van der Waals surface area contributed by atoms with Gasteiger partial charge in [0.2, 0.25) is 0 Å². The number of phenols is 1. The normalized spacial score (nSPS) is 10.6. The summed E-state index contributed by atoms with van der Waals surface area (Å²) in [4.78, 5) is 4.36. The van der Waals surface area contributed by atoms with Crippen LogP contribution in [0.3, 0.4) is 0 Å². The van der Waals surface area contributed by atoms with Crippen LogP contribution in [0.15, 0.2) is 24.3 Å². The lowest BCUT2D eigenvalue weighted by Crippen LogP contribution is -2.25. The Bertz CT molecular complexity index is 318. The number of rotatable bonds is 7. The molecule has 0 heterocycles. The van der Waals surface area contributed by atoms with E-state index in [0.29, 0.717) is 13.2 Å². The van der Waals surface area contributed by atoms with E-state index < -0.39 is 0 Å². The number of hydrogen-bond donors (Lipinski definition) is 2. The molecule has 0 aliphatic rings. The second-order valence-electron chi connectivity index (χ2n) is 5.05. The lowest BCUT2D eigenvalue weighted by molar-refractivity contribution is 0.0815. The zero-order chi connectivity index (χ0) is 15.4. The van der Waals surface area contributed by atoms with E-state index in [1.165, 1.54) is 0 Å². The van der Waals surface area contributed by atoms with Crippen molar-refractivity contribution in [3.8, 4) is 5.75 Å². The monoisotopic (exact) mass is 284 g/mol. The molecule has 5 nitrogen and oxygen atoms in total. The van der Waals surface area contributed by atoms with E-state index in [1.54, 1.807) is 24.3 Å². The van der Waals surface area contributed by atoms with Gasteiger partial charge in [0.25, 0.3) is 0 Å². The third-order valence-corrected chi connectivity index (χ3v) is 2.44. The Hall–Kier alpha value is -1.14. The van der Waals surface area contributed by atoms with Crippen LogP contribution in [0.4, 0.5) is 0 Å². The fourth-order valence-electron chi connectivity index (χ4n) is 1.25. The number of ether oxygens (including phenoxy) is 1. The Kier molecular flexibility index (Phi) is 11.0. The Balaban J connectivity index is 0.000000396. The van der Waals surface area contributed by atoms with Crippen molar-refractivity contribution in [3.05, 3.63) is 29.8 Å². The number of nitrogens with zero attached hydrogens (tertiary/aromatic N) is 2. The molecular formula is C15H28N2O3. The molecule has 5 heteroatoms. The van der Waals surface area contributed by atoms with Gasteiger partial charge < -0.3 is 24.7 Å². The van der Waals surface area contributed by atoms with E-state index in [2.05, 4.69) is 38.0 Å². The molecule has 0 bridgehead atoms. The summed E-state index contributed by atoms with van der Waals surface area (Å²) in [5.41, 5.74) is 0.987. The summed E-state index contributed by atoms with van der Waals surface area (Å²) in [5, 5.41) is 17.4. The van der Waals surface area contributed by atoms with Crippen LogP contribution < -0.4 is 0 Å². The minimum atomic E-state index is 0.0398. The maximum atomic E-state index is 8.95. The van der Waals surface area contributed by atoms with Crippen LogP contribution in [-0.4, -0.2) is 74.5 Å². The first kappa shape index (κ1) is 18.9. The first-order chi connectivity index (χ1) is 9.45. The third-order valence-electron chi connectivity index (χ3n) is 2.44. The summed E-state index contributed by atoms with van der Waals surface area (Å²) in [7, 11) is 8.35. The fourth-order valence-corrected chi connectivity index (χ4v) is 1.25. The summed E-state index contributed by atoms with van der Waals surface area (Å²) in [6.45, 7) is 3.15. The van der Waals surface area contributed by atoms with Gasteiger partial charge in [-0.2, -0.15) is 0 Å². The van der Waals surface area contributed by atoms with Crippen LogP contribution in [-0.2, 0) is 11.3 Å². The van der Waals surface area contributed by atoms with Gasteiger partial charge >= 0.3 is 0 Å². The summed E-state index contributed by atoms with van der Waals surface area (Å²) in [6, 6.07) is 6.79. The highest BCUT2D eigenvalue weighted by atomic mass is 16.5. The van der Waals surface area contributed by atoms with Crippen molar-refractivity contribution in [1.82, 2.24) is 9.80 Å². The van der Waals surface area contributed by atoms with Gasteiger partial charge in [0, 0.05) is 13.1 Å². The number of benzene rings is 1. The fraction of sp³-hybridized carbons (Fsp3) is 0.600. The van der Waals surface area contributed by atoms with Crippen molar-refractivity contribution >= 4 is 0 Å². The molecule has 0 aromatic heterocycles. The largest absolute Gasteiger partial charge is 0.508 e. The number of likely N-dealkylation sites (N-methyl/N-ethyl adjacent to an activating group) is 2. The molecule has 1 rings (SSSR count). The molecule has 0 fully saturated rings. The summed E-state index contributed by atoms with van der Waals surface area (Å²) < 4.78 is 5.08. The molecule has 0 aliphatic carbocycles. The second-order valence-corrected chi connectivity index (χ2v) is 5.05. The average molecular weight is 284 g/mol. The van der Waals surface area contributed by atoms with Gasteiger partial charge in [-0.1, -0.05) is 12.1 Å². The Labute approximate surface area is 122 Å². The molecule has 2 N–H and O–H groups in total. The number of aliphatic hydroxyl groups is 1. The molecule has 0 spiro atoms. The van der Waals surface area contributed by atoms with E-state index in [4.69, 9.17) is 14.9 Å². The summed E-state index contributed by atoms with van der Waals surface area (Å²) >= 11 is 0. The molecule has 0 amide bonds. The molecule has 1 aromatic carbocycles. The topological polar surface area (TPSA) is 56.2 Å². The SMILES string of the molecule is CN(C)CCN(C)C.OCCOCc1ccc(O)cc1. The maximum Gasteiger partial charge on any atom is 0.115 e. The van der Waals surface area contributed by atoms with Crippen LogP contribution in [0.1, 0.15) is 5.56 Å². The van der Waals surface area contributed by atoms with E-state index in [9.17, 15) is 0 Å². The zero-order valence-corrected chi connectivity index (χ0v) is 13.0.